The van der Waals surface area contributed by atoms with E-state index in [1.165, 1.54) is 268 Å². The molecule has 4 fully saturated rings. The van der Waals surface area contributed by atoms with E-state index in [4.69, 9.17) is 0 Å². The molecule has 4 heterocycles. The Morgan fingerprint density at radius 1 is 0.302 bits per heavy atom. The zero-order chi connectivity index (χ0) is 73.9. The fraction of sp³-hybridized carbons (Fsp3) is 0.408. The van der Waals surface area contributed by atoms with Crippen molar-refractivity contribution < 1.29 is 18.3 Å². The van der Waals surface area contributed by atoms with Crippen molar-refractivity contribution in [1.82, 2.24) is 18.3 Å². The second kappa shape index (κ2) is 32.1. The Hall–Kier alpha value is -9.14. The van der Waals surface area contributed by atoms with E-state index >= 15 is 0 Å². The lowest BCUT2D eigenvalue weighted by Crippen LogP contribution is -2.31. The van der Waals surface area contributed by atoms with Crippen LogP contribution in [0.25, 0.3) is 101 Å². The second-order valence-corrected chi connectivity index (χ2v) is 33.4. The highest BCUT2D eigenvalue weighted by Crippen LogP contribution is 2.42. The summed E-state index contributed by atoms with van der Waals surface area (Å²) >= 11 is 0. The molecule has 8 nitrogen and oxygen atoms in total. The van der Waals surface area contributed by atoms with Crippen molar-refractivity contribution >= 4 is 44.1 Å². The predicted molar refractivity (Wildman–Crippen MR) is 445 cm³/mol. The molecular formula is C98H120N8+4. The van der Waals surface area contributed by atoms with Gasteiger partial charge in [0, 0.05) is 0 Å². The average molecular weight is 1410 g/mol. The minimum absolute atomic E-state index is 0.182. The van der Waals surface area contributed by atoms with Crippen LogP contribution in [-0.2, 0) is 33.6 Å². The fourth-order valence-electron chi connectivity index (χ4n) is 18.9. The molecule has 106 heavy (non-hydrogen) atoms. The maximum absolute atomic E-state index is 2.65. The molecule has 8 heteroatoms. The van der Waals surface area contributed by atoms with Gasteiger partial charge in [-0.15, -0.1) is 0 Å². The van der Waals surface area contributed by atoms with Gasteiger partial charge in [-0.2, -0.15) is 0 Å². The Kier molecular flexibility index (Phi) is 22.4. The van der Waals surface area contributed by atoms with Crippen molar-refractivity contribution in [2.45, 2.75) is 233 Å². The summed E-state index contributed by atoms with van der Waals surface area (Å²) in [5, 5.41) is 0. The predicted octanol–water partition coefficient (Wildman–Crippen LogP) is 24.2. The monoisotopic (exact) mass is 1410 g/mol. The normalized spacial score (nSPS) is 15.8. The summed E-state index contributed by atoms with van der Waals surface area (Å²) in [6.45, 7) is 22.6. The van der Waals surface area contributed by atoms with Crippen molar-refractivity contribution in [2.24, 2.45) is 28.2 Å². The van der Waals surface area contributed by atoms with Gasteiger partial charge < -0.3 is 0 Å². The zero-order valence-electron chi connectivity index (χ0n) is 66.7. The van der Waals surface area contributed by atoms with Gasteiger partial charge in [0.15, 0.2) is 44.1 Å². The third kappa shape index (κ3) is 14.9. The van der Waals surface area contributed by atoms with Crippen molar-refractivity contribution in [1.29, 1.82) is 0 Å². The molecule has 0 N–H and O–H groups in total. The molecule has 0 unspecified atom stereocenters. The largest absolute Gasteiger partial charge is 0.290 e. The maximum Gasteiger partial charge on any atom is 0.290 e. The number of aromatic nitrogens is 8. The quantitative estimate of drug-likeness (QED) is 0.122. The first-order valence-electron chi connectivity index (χ1n) is 40.8. The molecule has 0 bridgehead atoms. The van der Waals surface area contributed by atoms with Gasteiger partial charge in [-0.1, -0.05) is 193 Å². The molecule has 0 saturated heterocycles. The van der Waals surface area contributed by atoms with Crippen LogP contribution >= 0.6 is 0 Å². The Morgan fingerprint density at radius 2 is 0.604 bits per heavy atom. The van der Waals surface area contributed by atoms with E-state index in [9.17, 15) is 0 Å². The van der Waals surface area contributed by atoms with Crippen LogP contribution in [0.15, 0.2) is 200 Å². The minimum atomic E-state index is 0.182. The van der Waals surface area contributed by atoms with E-state index in [1.54, 1.807) is 0 Å². The SMILES string of the molecule is Cc1cc(-c2ccccc2)ccc1-c1n(C2CCCCC2)c2ccccc2[n+]1C.Cc1cc(C(C)(C)C)ccc1-c1n(C2CCCCC2)c2ccccc2[n+]1C.Cc1cc(C(C)C)ccc1-c1n(C2CCCCC2)c2ccccc2[n+]1C.Cc1ccc(-c2n(C3CCCCC3)c3ccccc3[n+]2C)c(C)c1. The van der Waals surface area contributed by atoms with Crippen LogP contribution in [0.4, 0.5) is 0 Å². The van der Waals surface area contributed by atoms with Gasteiger partial charge in [-0.25, -0.2) is 36.5 Å². The Labute approximate surface area is 634 Å². The molecule has 0 radical (unpaired) electrons. The highest BCUT2D eigenvalue weighted by molar-refractivity contribution is 5.81. The smallest absolute Gasteiger partial charge is 0.226 e. The highest BCUT2D eigenvalue weighted by atomic mass is 15.2. The van der Waals surface area contributed by atoms with Gasteiger partial charge in [-0.3, -0.25) is 0 Å². The van der Waals surface area contributed by atoms with Gasteiger partial charge >= 0.3 is 0 Å². The maximum atomic E-state index is 2.65. The lowest BCUT2D eigenvalue weighted by atomic mass is 9.85. The number of fused-ring (bicyclic) bond motifs is 4. The molecule has 548 valence electrons. The van der Waals surface area contributed by atoms with Crippen molar-refractivity contribution in [3.8, 4) is 56.7 Å². The van der Waals surface area contributed by atoms with E-state index in [0.29, 0.717) is 30.1 Å². The van der Waals surface area contributed by atoms with E-state index < -0.39 is 0 Å². The summed E-state index contributed by atoms with van der Waals surface area (Å²) in [4.78, 5) is 0. The Balaban J connectivity index is 0.000000119. The summed E-state index contributed by atoms with van der Waals surface area (Å²) in [7, 11) is 8.90. The number of rotatable bonds is 10. The van der Waals surface area contributed by atoms with Crippen LogP contribution in [0.1, 0.15) is 232 Å². The van der Waals surface area contributed by atoms with E-state index in [2.05, 4.69) is 334 Å². The van der Waals surface area contributed by atoms with Gasteiger partial charge in [0.05, 0.1) is 50.4 Å². The third-order valence-electron chi connectivity index (χ3n) is 24.6. The van der Waals surface area contributed by atoms with Crippen molar-refractivity contribution in [3.63, 3.8) is 0 Å². The molecule has 0 atom stereocenters. The molecular weight excluding hydrogens is 1290 g/mol. The van der Waals surface area contributed by atoms with E-state index in [1.807, 2.05) is 0 Å². The summed E-state index contributed by atoms with van der Waals surface area (Å²) in [5.74, 6) is 6.00. The lowest BCUT2D eigenvalue weighted by molar-refractivity contribution is -0.634. The number of para-hydroxylation sites is 8. The zero-order valence-corrected chi connectivity index (χ0v) is 66.7. The number of benzene rings is 9. The van der Waals surface area contributed by atoms with Gasteiger partial charge in [0.1, 0.15) is 24.2 Å². The standard InChI is InChI=1S/C27H29N2.C25H33N2.C24H31N2.C22H27N2/c1-20-19-22(21-11-5-3-6-12-21)17-18-24(20)27-28(2)25-15-9-10-16-26(25)29(27)23-13-7-4-8-14-23;1-18-17-19(25(2,3)4)15-16-21(18)24-26(5)22-13-9-10-14-23(22)27(24)20-11-7-6-8-12-20;1-17(2)19-14-15-21(18(3)16-19)24-25(4)22-12-8-9-13-23(22)26(24)20-10-6-5-7-11-20;1-16-13-14-19(17(2)15-16)22-23(3)20-11-7-8-12-21(20)24(22)18-9-5-4-6-10-18/h3,5-6,9-12,15-19,23H,4,7-8,13-14H2,1-2H3;9-10,13-17,20H,6-8,11-12H2,1-5H3;8-9,12-17,20H,5-7,10-11H2,1-4H3;7-8,11-15,18H,4-6,9-10H2,1-3H3/q4*+1. The Morgan fingerprint density at radius 3 is 0.925 bits per heavy atom. The summed E-state index contributed by atoms with van der Waals surface area (Å²) in [5.41, 5.74) is 28.6. The molecule has 4 aliphatic rings. The Bertz CT molecular complexity index is 5230. The van der Waals surface area contributed by atoms with Crippen LogP contribution in [0, 0.1) is 34.6 Å². The van der Waals surface area contributed by atoms with Crippen LogP contribution in [0.3, 0.4) is 0 Å². The summed E-state index contributed by atoms with van der Waals surface area (Å²) < 4.78 is 20.2. The first kappa shape index (κ1) is 73.7. The molecule has 4 aliphatic carbocycles. The van der Waals surface area contributed by atoms with Gasteiger partial charge in [0.2, 0.25) is 0 Å². The number of nitrogens with zero attached hydrogens (tertiary/aromatic N) is 8. The minimum Gasteiger partial charge on any atom is -0.226 e. The van der Waals surface area contributed by atoms with Crippen LogP contribution in [0.5, 0.6) is 0 Å². The van der Waals surface area contributed by atoms with Gasteiger partial charge in [-0.05, 0) is 266 Å². The van der Waals surface area contributed by atoms with Crippen molar-refractivity contribution in [3.05, 3.63) is 239 Å². The topological polar surface area (TPSA) is 35.2 Å². The van der Waals surface area contributed by atoms with Crippen molar-refractivity contribution in [2.75, 3.05) is 0 Å². The summed E-state index contributed by atoms with van der Waals surface area (Å²) in [6, 6.07) is 76.6. The molecule has 13 aromatic rings. The molecule has 4 saturated carbocycles. The third-order valence-corrected chi connectivity index (χ3v) is 24.6. The summed E-state index contributed by atoms with van der Waals surface area (Å²) in [6.07, 6.45) is 26.7. The number of hydrogen-bond acceptors (Lipinski definition) is 0. The van der Waals surface area contributed by atoms with Crippen LogP contribution in [0.2, 0.25) is 0 Å². The highest BCUT2D eigenvalue weighted by Gasteiger charge is 2.37. The molecule has 0 aliphatic heterocycles. The average Bonchev–Trinajstić information content (AvgIpc) is 1.62. The first-order chi connectivity index (χ1) is 51.4. The molecule has 9 aromatic carbocycles. The number of aryl methyl sites for hydroxylation is 9. The molecule has 17 rings (SSSR count). The number of hydrogen-bond donors (Lipinski definition) is 0. The number of imidazole rings is 4. The lowest BCUT2D eigenvalue weighted by Gasteiger charge is -2.22. The van der Waals surface area contributed by atoms with E-state index in [-0.39, 0.29) is 5.41 Å². The van der Waals surface area contributed by atoms with Crippen LogP contribution < -0.4 is 18.3 Å². The van der Waals surface area contributed by atoms with E-state index in [0.717, 1.165) is 0 Å². The van der Waals surface area contributed by atoms with Crippen LogP contribution in [-0.4, -0.2) is 18.3 Å². The second-order valence-electron chi connectivity index (χ2n) is 33.4. The molecule has 0 amide bonds. The molecule has 0 spiro atoms. The fourth-order valence-corrected chi connectivity index (χ4v) is 18.9. The molecule has 4 aromatic heterocycles. The first-order valence-corrected chi connectivity index (χ1v) is 40.8. The van der Waals surface area contributed by atoms with Gasteiger partial charge in [0.25, 0.3) is 23.3 Å².